The molecular formula is C23H21FN2O4. The number of oxime groups is 1. The topological polar surface area (TPSA) is 64.3 Å². The average Bonchev–Trinajstić information content (AvgIpc) is 3.45. The van der Waals surface area contributed by atoms with Gasteiger partial charge in [-0.25, -0.2) is 4.39 Å². The first kappa shape index (κ1) is 19.7. The minimum Gasteiger partial charge on any atom is -0.497 e. The summed E-state index contributed by atoms with van der Waals surface area (Å²) in [5.41, 5.74) is 2.25. The third-order valence-corrected chi connectivity index (χ3v) is 4.84. The lowest BCUT2D eigenvalue weighted by Gasteiger charge is -2.24. The minimum atomic E-state index is -0.340. The van der Waals surface area contributed by atoms with Gasteiger partial charge in [-0.1, -0.05) is 29.4 Å². The second-order valence-electron chi connectivity index (χ2n) is 6.99. The molecule has 0 bridgehead atoms. The molecule has 0 spiro atoms. The van der Waals surface area contributed by atoms with E-state index in [0.717, 1.165) is 5.56 Å². The number of hydrogen-bond donors (Lipinski definition) is 0. The molecule has 7 heteroatoms. The van der Waals surface area contributed by atoms with Crippen molar-refractivity contribution in [2.75, 3.05) is 13.7 Å². The number of carbonyl (C=O) groups excluding carboxylic acids is 1. The van der Waals surface area contributed by atoms with Gasteiger partial charge in [0.05, 0.1) is 25.6 Å². The number of rotatable bonds is 7. The van der Waals surface area contributed by atoms with Gasteiger partial charge in [0, 0.05) is 18.5 Å². The van der Waals surface area contributed by atoms with Crippen molar-refractivity contribution in [3.8, 4) is 5.75 Å². The SMILES string of the molecule is COc1cccc(CN(CC2CC(c3cccc(F)c3)=NO2)C(=O)c2ccco2)c1. The Bertz CT molecular complexity index is 1050. The summed E-state index contributed by atoms with van der Waals surface area (Å²) >= 11 is 0. The van der Waals surface area contributed by atoms with E-state index in [1.54, 1.807) is 36.3 Å². The van der Waals surface area contributed by atoms with E-state index in [9.17, 15) is 9.18 Å². The Hall–Kier alpha value is -3.61. The second-order valence-corrected chi connectivity index (χ2v) is 6.99. The highest BCUT2D eigenvalue weighted by molar-refractivity contribution is 6.01. The van der Waals surface area contributed by atoms with Crippen molar-refractivity contribution in [3.63, 3.8) is 0 Å². The van der Waals surface area contributed by atoms with Gasteiger partial charge in [0.15, 0.2) is 11.9 Å². The summed E-state index contributed by atoms with van der Waals surface area (Å²) in [6, 6.07) is 17.1. The van der Waals surface area contributed by atoms with E-state index in [4.69, 9.17) is 14.0 Å². The number of hydrogen-bond acceptors (Lipinski definition) is 5. The lowest BCUT2D eigenvalue weighted by atomic mass is 10.0. The van der Waals surface area contributed by atoms with Gasteiger partial charge in [-0.15, -0.1) is 0 Å². The molecule has 0 radical (unpaired) electrons. The molecule has 6 nitrogen and oxygen atoms in total. The molecule has 4 rings (SSSR count). The largest absolute Gasteiger partial charge is 0.497 e. The Balaban J connectivity index is 1.49. The summed E-state index contributed by atoms with van der Waals surface area (Å²) in [6.45, 7) is 0.658. The number of carbonyl (C=O) groups is 1. The summed E-state index contributed by atoms with van der Waals surface area (Å²) in [7, 11) is 1.60. The Kier molecular flexibility index (Phi) is 5.79. The average molecular weight is 408 g/mol. The van der Waals surface area contributed by atoms with Crippen LogP contribution in [-0.2, 0) is 11.4 Å². The van der Waals surface area contributed by atoms with Gasteiger partial charge in [-0.05, 0) is 42.0 Å². The summed E-state index contributed by atoms with van der Waals surface area (Å²) in [6.07, 6.45) is 1.60. The maximum absolute atomic E-state index is 13.5. The summed E-state index contributed by atoms with van der Waals surface area (Å²) in [4.78, 5) is 20.2. The van der Waals surface area contributed by atoms with Crippen molar-refractivity contribution < 1.29 is 23.2 Å². The molecule has 1 amide bonds. The van der Waals surface area contributed by atoms with Gasteiger partial charge in [-0.3, -0.25) is 4.79 Å². The monoisotopic (exact) mass is 408 g/mol. The van der Waals surface area contributed by atoms with Crippen molar-refractivity contribution in [1.82, 2.24) is 4.90 Å². The highest BCUT2D eigenvalue weighted by atomic mass is 19.1. The van der Waals surface area contributed by atoms with Gasteiger partial charge < -0.3 is 18.9 Å². The molecule has 0 aliphatic carbocycles. The first-order chi connectivity index (χ1) is 14.6. The first-order valence-corrected chi connectivity index (χ1v) is 9.56. The van der Waals surface area contributed by atoms with E-state index in [-0.39, 0.29) is 23.6 Å². The van der Waals surface area contributed by atoms with Crippen LogP contribution in [0, 0.1) is 5.82 Å². The molecule has 0 N–H and O–H groups in total. The number of methoxy groups -OCH3 is 1. The lowest BCUT2D eigenvalue weighted by Crippen LogP contribution is -2.37. The molecule has 2 heterocycles. The maximum atomic E-state index is 13.5. The fourth-order valence-electron chi connectivity index (χ4n) is 3.38. The predicted octanol–water partition coefficient (Wildman–Crippen LogP) is 4.26. The first-order valence-electron chi connectivity index (χ1n) is 9.56. The van der Waals surface area contributed by atoms with E-state index in [0.29, 0.717) is 36.5 Å². The van der Waals surface area contributed by atoms with Crippen LogP contribution in [0.5, 0.6) is 5.75 Å². The number of halogens is 1. The van der Waals surface area contributed by atoms with E-state index < -0.39 is 0 Å². The van der Waals surface area contributed by atoms with E-state index >= 15 is 0 Å². The van der Waals surface area contributed by atoms with Crippen molar-refractivity contribution in [2.24, 2.45) is 5.16 Å². The van der Waals surface area contributed by atoms with Crippen LogP contribution in [0.25, 0.3) is 0 Å². The Morgan fingerprint density at radius 3 is 2.83 bits per heavy atom. The van der Waals surface area contributed by atoms with Crippen molar-refractivity contribution in [2.45, 2.75) is 19.1 Å². The van der Waals surface area contributed by atoms with Gasteiger partial charge in [0.2, 0.25) is 0 Å². The zero-order valence-electron chi connectivity index (χ0n) is 16.5. The minimum absolute atomic E-state index is 0.245. The van der Waals surface area contributed by atoms with Gasteiger partial charge >= 0.3 is 0 Å². The molecule has 30 heavy (non-hydrogen) atoms. The van der Waals surface area contributed by atoms with Crippen LogP contribution < -0.4 is 4.74 Å². The normalized spacial score (nSPS) is 15.4. The number of benzene rings is 2. The molecule has 0 saturated heterocycles. The van der Waals surface area contributed by atoms with Crippen molar-refractivity contribution in [3.05, 3.63) is 89.6 Å². The van der Waals surface area contributed by atoms with Crippen LogP contribution in [-0.4, -0.2) is 36.3 Å². The van der Waals surface area contributed by atoms with E-state index in [2.05, 4.69) is 5.16 Å². The molecule has 0 fully saturated rings. The van der Waals surface area contributed by atoms with Crippen molar-refractivity contribution in [1.29, 1.82) is 0 Å². The maximum Gasteiger partial charge on any atom is 0.289 e. The van der Waals surface area contributed by atoms with Gasteiger partial charge in [0.1, 0.15) is 11.6 Å². The van der Waals surface area contributed by atoms with Gasteiger partial charge in [-0.2, -0.15) is 0 Å². The zero-order chi connectivity index (χ0) is 20.9. The third-order valence-electron chi connectivity index (χ3n) is 4.84. The fourth-order valence-corrected chi connectivity index (χ4v) is 3.38. The molecule has 1 unspecified atom stereocenters. The number of amides is 1. The van der Waals surface area contributed by atoms with Crippen LogP contribution in [0.15, 0.2) is 76.5 Å². The standard InChI is InChI=1S/C23H21FN2O4/c1-28-19-8-2-5-16(11-19)14-26(23(27)22-9-4-10-29-22)15-20-13-21(25-30-20)17-6-3-7-18(24)12-17/h2-12,20H,13-15H2,1H3. The summed E-state index contributed by atoms with van der Waals surface area (Å²) in [5, 5.41) is 4.11. The smallest absolute Gasteiger partial charge is 0.289 e. The predicted molar refractivity (Wildman–Crippen MR) is 109 cm³/mol. The Labute approximate surface area is 173 Å². The molecule has 1 aliphatic rings. The second kappa shape index (κ2) is 8.82. The van der Waals surface area contributed by atoms with Crippen molar-refractivity contribution >= 4 is 11.6 Å². The number of furan rings is 1. The van der Waals surface area contributed by atoms with E-state index in [1.807, 2.05) is 24.3 Å². The number of ether oxygens (including phenoxy) is 1. The zero-order valence-corrected chi connectivity index (χ0v) is 16.5. The lowest BCUT2D eigenvalue weighted by molar-refractivity contribution is 0.0387. The van der Waals surface area contributed by atoms with Gasteiger partial charge in [0.25, 0.3) is 5.91 Å². The molecule has 1 aliphatic heterocycles. The van der Waals surface area contributed by atoms with E-state index in [1.165, 1.54) is 18.4 Å². The molecular weight excluding hydrogens is 387 g/mol. The quantitative estimate of drug-likeness (QED) is 0.586. The van der Waals surface area contributed by atoms with Crippen LogP contribution in [0.2, 0.25) is 0 Å². The highest BCUT2D eigenvalue weighted by Gasteiger charge is 2.28. The van der Waals surface area contributed by atoms with Crippen LogP contribution in [0.3, 0.4) is 0 Å². The molecule has 0 saturated carbocycles. The Morgan fingerprint density at radius 1 is 1.20 bits per heavy atom. The molecule has 2 aromatic carbocycles. The van der Waals surface area contributed by atoms with Crippen LogP contribution in [0.1, 0.15) is 28.1 Å². The summed E-state index contributed by atoms with van der Waals surface area (Å²) < 4.78 is 24.1. The highest BCUT2D eigenvalue weighted by Crippen LogP contribution is 2.21. The number of nitrogens with zero attached hydrogens (tertiary/aromatic N) is 2. The third kappa shape index (κ3) is 4.51. The van der Waals surface area contributed by atoms with Crippen LogP contribution in [0.4, 0.5) is 4.39 Å². The van der Waals surface area contributed by atoms with Crippen LogP contribution >= 0.6 is 0 Å². The molecule has 1 atom stereocenters. The molecule has 1 aromatic heterocycles. The Morgan fingerprint density at radius 2 is 2.07 bits per heavy atom. The molecule has 3 aromatic rings. The fraction of sp³-hybridized carbons (Fsp3) is 0.217. The summed E-state index contributed by atoms with van der Waals surface area (Å²) in [5.74, 6) is 0.394. The molecule has 154 valence electrons.